The van der Waals surface area contributed by atoms with Crippen molar-refractivity contribution in [3.05, 3.63) is 33.1 Å². The molecule has 0 aliphatic heterocycles. The first-order valence-electron chi connectivity index (χ1n) is 3.86. The maximum Gasteiger partial charge on any atom is 0.328 e. The van der Waals surface area contributed by atoms with Gasteiger partial charge in [-0.05, 0) is 0 Å². The quantitative estimate of drug-likeness (QED) is 0.674. The van der Waals surface area contributed by atoms with E-state index in [4.69, 9.17) is 0 Å². The monoisotopic (exact) mass is 218 g/mol. The molecule has 1 N–H and O–H groups in total. The van der Waals surface area contributed by atoms with Crippen LogP contribution >= 0.6 is 0 Å². The Labute approximate surface area is 80.1 Å². The molecule has 1 rings (SSSR count). The van der Waals surface area contributed by atoms with Gasteiger partial charge < -0.3 is 4.98 Å². The van der Waals surface area contributed by atoms with E-state index in [2.05, 4.69) is 4.98 Å². The van der Waals surface area contributed by atoms with Gasteiger partial charge in [0.2, 0.25) is 0 Å². The highest BCUT2D eigenvalue weighted by molar-refractivity contribution is 7.90. The average molecular weight is 218 g/mol. The van der Waals surface area contributed by atoms with Crippen molar-refractivity contribution in [1.29, 1.82) is 0 Å². The molecule has 0 aliphatic rings. The highest BCUT2D eigenvalue weighted by atomic mass is 32.2. The number of H-pyrrole nitrogens is 1. The third-order valence-corrected chi connectivity index (χ3v) is 2.55. The highest BCUT2D eigenvalue weighted by Gasteiger charge is 2.05. The van der Waals surface area contributed by atoms with Crippen LogP contribution in [0.4, 0.5) is 0 Å². The van der Waals surface area contributed by atoms with Crippen LogP contribution in [0.25, 0.3) is 0 Å². The molecule has 1 aromatic heterocycles. The van der Waals surface area contributed by atoms with Crippen LogP contribution < -0.4 is 11.2 Å². The lowest BCUT2D eigenvalue weighted by Gasteiger charge is -2.01. The van der Waals surface area contributed by atoms with Crippen LogP contribution in [0.1, 0.15) is 0 Å². The number of rotatable bonds is 3. The third-order valence-electron chi connectivity index (χ3n) is 1.63. The van der Waals surface area contributed by atoms with Crippen molar-refractivity contribution in [3.8, 4) is 0 Å². The molecule has 0 saturated carbocycles. The predicted octanol–water partition coefficient (Wildman–Crippen LogP) is -1.42. The number of nitrogens with one attached hydrogen (secondary N) is 1. The lowest BCUT2D eigenvalue weighted by Crippen LogP contribution is -2.35. The lowest BCUT2D eigenvalue weighted by atomic mass is 10.6. The molecule has 14 heavy (non-hydrogen) atoms. The summed E-state index contributed by atoms with van der Waals surface area (Å²) in [6.45, 7) is -0.117. The minimum atomic E-state index is -3.17. The average Bonchev–Trinajstić information content (AvgIpc) is 2.01. The van der Waals surface area contributed by atoms with Crippen LogP contribution in [-0.4, -0.2) is 30.0 Å². The van der Waals surface area contributed by atoms with E-state index in [1.807, 2.05) is 0 Å². The Hall–Kier alpha value is -1.37. The summed E-state index contributed by atoms with van der Waals surface area (Å²) < 4.78 is 22.4. The van der Waals surface area contributed by atoms with Gasteiger partial charge in [-0.15, -0.1) is 0 Å². The van der Waals surface area contributed by atoms with Crippen LogP contribution in [0, 0.1) is 0 Å². The van der Waals surface area contributed by atoms with E-state index in [-0.39, 0.29) is 12.3 Å². The minimum absolute atomic E-state index is 0.117. The molecule has 78 valence electrons. The number of sulfone groups is 1. The maximum absolute atomic E-state index is 11.1. The number of hydrogen-bond acceptors (Lipinski definition) is 4. The normalized spacial score (nSPS) is 11.5. The van der Waals surface area contributed by atoms with Gasteiger partial charge in [-0.3, -0.25) is 9.36 Å². The Morgan fingerprint density at radius 2 is 2.07 bits per heavy atom. The van der Waals surface area contributed by atoms with Gasteiger partial charge in [0.25, 0.3) is 5.56 Å². The van der Waals surface area contributed by atoms with Gasteiger partial charge in [0.1, 0.15) is 9.84 Å². The molecule has 0 radical (unpaired) electrons. The summed E-state index contributed by atoms with van der Waals surface area (Å²) in [5.41, 5.74) is -1.10. The van der Waals surface area contributed by atoms with E-state index >= 15 is 0 Å². The van der Waals surface area contributed by atoms with E-state index in [1.165, 1.54) is 12.3 Å². The van der Waals surface area contributed by atoms with Gasteiger partial charge in [-0.1, -0.05) is 0 Å². The van der Waals surface area contributed by atoms with Gasteiger partial charge in [0.15, 0.2) is 0 Å². The van der Waals surface area contributed by atoms with Gasteiger partial charge in [0, 0.05) is 25.1 Å². The summed E-state index contributed by atoms with van der Waals surface area (Å²) in [7, 11) is -3.17. The van der Waals surface area contributed by atoms with Crippen LogP contribution in [0.15, 0.2) is 21.9 Å². The molecule has 7 heteroatoms. The lowest BCUT2D eigenvalue weighted by molar-refractivity contribution is 0.588. The Kier molecular flexibility index (Phi) is 2.90. The van der Waals surface area contributed by atoms with Gasteiger partial charge in [0.05, 0.1) is 5.75 Å². The molecule has 0 saturated heterocycles. The molecule has 0 spiro atoms. The first-order chi connectivity index (χ1) is 6.40. The summed E-state index contributed by atoms with van der Waals surface area (Å²) in [5.74, 6) is -0.222. The Balaban J connectivity index is 2.99. The van der Waals surface area contributed by atoms with Crippen LogP contribution in [-0.2, 0) is 16.4 Å². The fourth-order valence-electron chi connectivity index (χ4n) is 0.921. The second kappa shape index (κ2) is 3.79. The van der Waals surface area contributed by atoms with Crippen molar-refractivity contribution < 1.29 is 8.42 Å². The molecule has 0 amide bonds. The number of hydrogen-bond donors (Lipinski definition) is 1. The fourth-order valence-corrected chi connectivity index (χ4v) is 1.44. The van der Waals surface area contributed by atoms with Crippen LogP contribution in [0.5, 0.6) is 0 Å². The van der Waals surface area contributed by atoms with Gasteiger partial charge >= 0.3 is 5.69 Å². The van der Waals surface area contributed by atoms with E-state index in [9.17, 15) is 18.0 Å². The van der Waals surface area contributed by atoms with E-state index in [0.29, 0.717) is 0 Å². The molecule has 6 nitrogen and oxygen atoms in total. The summed E-state index contributed by atoms with van der Waals surface area (Å²) in [6, 6.07) is 1.17. The zero-order chi connectivity index (χ0) is 10.8. The Bertz CT molecular complexity index is 497. The van der Waals surface area contributed by atoms with Crippen molar-refractivity contribution in [2.24, 2.45) is 0 Å². The molecular weight excluding hydrogens is 208 g/mol. The summed E-state index contributed by atoms with van der Waals surface area (Å²) >= 11 is 0. The van der Waals surface area contributed by atoms with Gasteiger partial charge in [-0.25, -0.2) is 13.2 Å². The number of aromatic nitrogens is 2. The van der Waals surface area contributed by atoms with Crippen molar-refractivity contribution in [1.82, 2.24) is 9.55 Å². The fraction of sp³-hybridized carbons (Fsp3) is 0.429. The van der Waals surface area contributed by atoms with Crippen molar-refractivity contribution in [2.75, 3.05) is 12.0 Å². The van der Waals surface area contributed by atoms with E-state index in [1.54, 1.807) is 0 Å². The molecule has 0 atom stereocenters. The third kappa shape index (κ3) is 2.84. The van der Waals surface area contributed by atoms with Crippen LogP contribution in [0.3, 0.4) is 0 Å². The van der Waals surface area contributed by atoms with Crippen molar-refractivity contribution in [3.63, 3.8) is 0 Å². The molecule has 0 aromatic carbocycles. The zero-order valence-corrected chi connectivity index (χ0v) is 8.37. The van der Waals surface area contributed by atoms with Gasteiger partial charge in [-0.2, -0.15) is 0 Å². The van der Waals surface area contributed by atoms with E-state index in [0.717, 1.165) is 10.8 Å². The predicted molar refractivity (Wildman–Crippen MR) is 51.0 cm³/mol. The summed E-state index contributed by atoms with van der Waals surface area (Å²) in [5, 5.41) is 0. The number of aromatic amines is 1. The smallest absolute Gasteiger partial charge is 0.314 e. The van der Waals surface area contributed by atoms with Crippen molar-refractivity contribution >= 4 is 9.84 Å². The van der Waals surface area contributed by atoms with Crippen LogP contribution in [0.2, 0.25) is 0 Å². The standard InChI is InChI=1S/C7H10N2O4S/c1-14(12,13)5-4-9-6(10)2-3-8-7(9)11/h2-3H,4-5H2,1H3,(H,8,11). The van der Waals surface area contributed by atoms with Crippen molar-refractivity contribution in [2.45, 2.75) is 6.54 Å². The molecule has 0 aliphatic carbocycles. The molecule has 0 bridgehead atoms. The topological polar surface area (TPSA) is 89.0 Å². The second-order valence-corrected chi connectivity index (χ2v) is 5.16. The number of nitrogens with zero attached hydrogens (tertiary/aromatic N) is 1. The Morgan fingerprint density at radius 3 is 2.57 bits per heavy atom. The maximum atomic E-state index is 11.1. The molecule has 0 unspecified atom stereocenters. The SMILES string of the molecule is CS(=O)(=O)CCn1c(=O)cc[nH]c1=O. The highest BCUT2D eigenvalue weighted by Crippen LogP contribution is 1.83. The molecular formula is C7H10N2O4S. The minimum Gasteiger partial charge on any atom is -0.314 e. The second-order valence-electron chi connectivity index (χ2n) is 2.90. The molecule has 1 aromatic rings. The Morgan fingerprint density at radius 1 is 1.43 bits per heavy atom. The zero-order valence-electron chi connectivity index (χ0n) is 7.56. The molecule has 1 heterocycles. The summed E-state index contributed by atoms with van der Waals surface area (Å²) in [6.07, 6.45) is 2.27. The first kappa shape index (κ1) is 10.7. The first-order valence-corrected chi connectivity index (χ1v) is 5.92. The molecule has 0 fully saturated rings. The summed E-state index contributed by atoms with van der Waals surface area (Å²) in [4.78, 5) is 24.5. The largest absolute Gasteiger partial charge is 0.328 e. The van der Waals surface area contributed by atoms with E-state index < -0.39 is 21.1 Å².